The van der Waals surface area contributed by atoms with Crippen molar-refractivity contribution < 1.29 is 4.21 Å². The molecule has 0 rings (SSSR count). The summed E-state index contributed by atoms with van der Waals surface area (Å²) in [6.45, 7) is 17.3. The molecule has 0 aliphatic heterocycles. The molecule has 6 heteroatoms. The molecule has 0 radical (unpaired) electrons. The monoisotopic (exact) mass is 329 g/mol. The Morgan fingerprint density at radius 1 is 0.944 bits per heavy atom. The highest BCUT2D eigenvalue weighted by Gasteiger charge is 2.32. The van der Waals surface area contributed by atoms with Crippen LogP contribution in [0.2, 0.25) is 0 Å². The number of rotatable bonds is 7. The van der Waals surface area contributed by atoms with Crippen molar-refractivity contribution in [3.8, 4) is 0 Å². The Hall–Kier alpha value is 1.19. The van der Waals surface area contributed by atoms with Crippen LogP contribution in [-0.2, 0) is 22.4 Å². The summed E-state index contributed by atoms with van der Waals surface area (Å²) in [6, 6.07) is 0. The Labute approximate surface area is 122 Å². The van der Waals surface area contributed by atoms with Crippen LogP contribution in [0.3, 0.4) is 0 Å². The standard InChI is InChI=1S/C12H29NOP2S2/c1-9(2)15(10(3)4)18(14)13-16(17,11(5)6)12(7)8/h9-12H,1-8H3,(H,13,17). The van der Waals surface area contributed by atoms with E-state index in [0.29, 0.717) is 22.6 Å². The fourth-order valence-electron chi connectivity index (χ4n) is 1.96. The van der Waals surface area contributed by atoms with Gasteiger partial charge in [-0.3, -0.25) is 0 Å². The zero-order valence-electron chi connectivity index (χ0n) is 12.9. The minimum Gasteiger partial charge on any atom is -0.238 e. The van der Waals surface area contributed by atoms with Gasteiger partial charge in [0.05, 0.1) is 0 Å². The first kappa shape index (κ1) is 19.2. The van der Waals surface area contributed by atoms with E-state index >= 15 is 0 Å². The Morgan fingerprint density at radius 2 is 1.28 bits per heavy atom. The Bertz CT molecular complexity index is 310. The molecule has 0 fully saturated rings. The maximum absolute atomic E-state index is 12.6. The third-order valence-electron chi connectivity index (χ3n) is 2.96. The highest BCUT2D eigenvalue weighted by atomic mass is 32.7. The Morgan fingerprint density at radius 3 is 1.50 bits per heavy atom. The quantitative estimate of drug-likeness (QED) is 0.688. The molecule has 0 aromatic rings. The van der Waals surface area contributed by atoms with Crippen molar-refractivity contribution in [2.45, 2.75) is 78.0 Å². The summed E-state index contributed by atoms with van der Waals surface area (Å²) in [5.74, 6) is 0. The van der Waals surface area contributed by atoms with Crippen LogP contribution >= 0.6 is 13.3 Å². The number of nitrogens with one attached hydrogen (secondary N) is 1. The molecule has 0 spiro atoms. The van der Waals surface area contributed by atoms with Gasteiger partial charge in [-0.15, -0.1) is 0 Å². The van der Waals surface area contributed by atoms with Gasteiger partial charge in [-0.2, -0.15) is 0 Å². The average molecular weight is 329 g/mol. The molecular formula is C12H29NOP2S2. The fourth-order valence-corrected chi connectivity index (χ4v) is 13.6. The lowest BCUT2D eigenvalue weighted by molar-refractivity contribution is 0.689. The van der Waals surface area contributed by atoms with Crippen molar-refractivity contribution in [1.29, 1.82) is 0 Å². The first-order valence-electron chi connectivity index (χ1n) is 6.61. The van der Waals surface area contributed by atoms with Crippen molar-refractivity contribution in [2.75, 3.05) is 0 Å². The molecule has 0 aromatic heterocycles. The minimum atomic E-state index is -1.75. The van der Waals surface area contributed by atoms with Gasteiger partial charge < -0.3 is 0 Å². The predicted octanol–water partition coefficient (Wildman–Crippen LogP) is 4.66. The Kier molecular flexibility index (Phi) is 8.35. The van der Waals surface area contributed by atoms with E-state index < -0.39 is 23.9 Å². The van der Waals surface area contributed by atoms with Gasteiger partial charge in [-0.1, -0.05) is 67.2 Å². The molecule has 110 valence electrons. The van der Waals surface area contributed by atoms with E-state index in [9.17, 15) is 4.21 Å². The minimum absolute atomic E-state index is 0.396. The highest BCUT2D eigenvalue weighted by Crippen LogP contribution is 2.57. The van der Waals surface area contributed by atoms with Gasteiger partial charge in [0.25, 0.3) is 0 Å². The van der Waals surface area contributed by atoms with Gasteiger partial charge in [0, 0.05) is 13.3 Å². The Balaban J connectivity index is 5.07. The average Bonchev–Trinajstić information content (AvgIpc) is 2.14. The van der Waals surface area contributed by atoms with E-state index in [1.807, 2.05) is 0 Å². The number of hydrogen-bond acceptors (Lipinski definition) is 2. The van der Waals surface area contributed by atoms with Crippen molar-refractivity contribution in [3.63, 3.8) is 0 Å². The lowest BCUT2D eigenvalue weighted by atomic mass is 10.5. The molecule has 2 nitrogen and oxygen atoms in total. The second kappa shape index (κ2) is 7.84. The summed E-state index contributed by atoms with van der Waals surface area (Å²) in [6.07, 6.45) is -1.75. The molecule has 18 heavy (non-hydrogen) atoms. The third kappa shape index (κ3) is 4.94. The van der Waals surface area contributed by atoms with Crippen molar-refractivity contribution in [2.24, 2.45) is 0 Å². The van der Waals surface area contributed by atoms with Crippen molar-refractivity contribution in [1.82, 2.24) is 4.49 Å². The summed E-state index contributed by atoms with van der Waals surface area (Å²) in [7, 11) is -1.50. The van der Waals surface area contributed by atoms with Crippen LogP contribution in [0, 0.1) is 0 Å². The first-order valence-corrected chi connectivity index (χ1v) is 12.8. The molecule has 1 N–H and O–H groups in total. The van der Waals surface area contributed by atoms with E-state index in [2.05, 4.69) is 59.9 Å². The van der Waals surface area contributed by atoms with Crippen LogP contribution in [0.5, 0.6) is 0 Å². The predicted molar refractivity (Wildman–Crippen MR) is 93.0 cm³/mol. The lowest BCUT2D eigenvalue weighted by Crippen LogP contribution is -2.26. The SMILES string of the molecule is CC(C)P(C(C)C)S(=O)NP(=S)(C(C)C)C(C)C. The zero-order valence-corrected chi connectivity index (χ0v) is 16.4. The smallest absolute Gasteiger partial charge is 0.118 e. The third-order valence-corrected chi connectivity index (χ3v) is 17.8. The molecular weight excluding hydrogens is 300 g/mol. The molecule has 0 aliphatic carbocycles. The van der Waals surface area contributed by atoms with Gasteiger partial charge in [0.1, 0.15) is 10.6 Å². The lowest BCUT2D eigenvalue weighted by Gasteiger charge is -2.34. The number of hydrogen-bond donors (Lipinski definition) is 1. The molecule has 0 aliphatic rings. The molecule has 0 aromatic carbocycles. The van der Waals surface area contributed by atoms with Gasteiger partial charge in [-0.25, -0.2) is 8.70 Å². The van der Waals surface area contributed by atoms with E-state index in [-0.39, 0.29) is 0 Å². The van der Waals surface area contributed by atoms with Gasteiger partial charge >= 0.3 is 0 Å². The highest BCUT2D eigenvalue weighted by molar-refractivity contribution is 8.48. The molecule has 1 atom stereocenters. The van der Waals surface area contributed by atoms with E-state index in [1.165, 1.54) is 0 Å². The zero-order chi connectivity index (χ0) is 14.7. The van der Waals surface area contributed by atoms with E-state index in [1.54, 1.807) is 0 Å². The largest absolute Gasteiger partial charge is 0.238 e. The van der Waals surface area contributed by atoms with Crippen LogP contribution < -0.4 is 4.49 Å². The summed E-state index contributed by atoms with van der Waals surface area (Å²) >= 11 is 5.84. The van der Waals surface area contributed by atoms with Crippen LogP contribution in [0.25, 0.3) is 0 Å². The van der Waals surface area contributed by atoms with Crippen molar-refractivity contribution >= 4 is 35.7 Å². The van der Waals surface area contributed by atoms with E-state index in [0.717, 1.165) is 0 Å². The summed E-state index contributed by atoms with van der Waals surface area (Å²) < 4.78 is 16.0. The molecule has 0 saturated carbocycles. The summed E-state index contributed by atoms with van der Waals surface area (Å²) in [5, 5.41) is 0. The molecule has 0 amide bonds. The molecule has 1 unspecified atom stereocenters. The second-order valence-corrected chi connectivity index (χ2v) is 17.4. The maximum atomic E-state index is 12.6. The van der Waals surface area contributed by atoms with Gasteiger partial charge in [-0.05, 0) is 22.6 Å². The first-order chi connectivity index (χ1) is 8.04. The second-order valence-electron chi connectivity index (χ2n) is 5.78. The maximum Gasteiger partial charge on any atom is 0.118 e. The molecule has 0 saturated heterocycles. The summed E-state index contributed by atoms with van der Waals surface area (Å²) in [4.78, 5) is 0. The van der Waals surface area contributed by atoms with Crippen LogP contribution in [-0.4, -0.2) is 26.8 Å². The van der Waals surface area contributed by atoms with Crippen molar-refractivity contribution in [3.05, 3.63) is 0 Å². The molecule has 0 heterocycles. The topological polar surface area (TPSA) is 29.1 Å². The van der Waals surface area contributed by atoms with Gasteiger partial charge in [0.15, 0.2) is 0 Å². The fraction of sp³-hybridized carbons (Fsp3) is 1.00. The van der Waals surface area contributed by atoms with E-state index in [4.69, 9.17) is 11.8 Å². The van der Waals surface area contributed by atoms with Crippen LogP contribution in [0.4, 0.5) is 0 Å². The summed E-state index contributed by atoms with van der Waals surface area (Å²) in [5.41, 5.74) is 1.73. The van der Waals surface area contributed by atoms with Crippen LogP contribution in [0.1, 0.15) is 55.4 Å². The van der Waals surface area contributed by atoms with Gasteiger partial charge in [0.2, 0.25) is 0 Å². The normalized spacial score (nSPS) is 15.4. The van der Waals surface area contributed by atoms with Crippen LogP contribution in [0.15, 0.2) is 0 Å². The molecule has 0 bridgehead atoms.